The SMILES string of the molecule is N#Cc1c(NC(=O)COC(=O)c2cccc(Oc3ccccc3)c2)oc(-c2ccccc2)c1-c1ccccc1. The van der Waals surface area contributed by atoms with Crippen molar-refractivity contribution < 1.29 is 23.5 Å². The Hall–Kier alpha value is -5.61. The number of para-hydroxylation sites is 1. The van der Waals surface area contributed by atoms with Crippen molar-refractivity contribution in [3.05, 3.63) is 126 Å². The van der Waals surface area contributed by atoms with Gasteiger partial charge in [-0.05, 0) is 35.9 Å². The lowest BCUT2D eigenvalue weighted by molar-refractivity contribution is -0.119. The molecule has 5 aromatic rings. The molecule has 0 fully saturated rings. The molecule has 0 radical (unpaired) electrons. The van der Waals surface area contributed by atoms with E-state index in [1.807, 2.05) is 78.9 Å². The predicted octanol–water partition coefficient (Wildman–Crippen LogP) is 7.07. The molecule has 0 aliphatic carbocycles. The Balaban J connectivity index is 1.31. The standard InChI is InChI=1S/C32H22N2O5/c33-20-27-29(22-11-4-1-5-12-22)30(23-13-6-2-7-14-23)39-31(27)34-28(35)21-37-32(36)24-15-10-18-26(19-24)38-25-16-8-3-9-17-25/h1-19H,21H2,(H,34,35). The monoisotopic (exact) mass is 514 g/mol. The van der Waals surface area contributed by atoms with Crippen LogP contribution in [0.3, 0.4) is 0 Å². The first-order chi connectivity index (χ1) is 19.1. The molecular weight excluding hydrogens is 492 g/mol. The third-order valence-corrected chi connectivity index (χ3v) is 5.75. The smallest absolute Gasteiger partial charge is 0.338 e. The lowest BCUT2D eigenvalue weighted by Crippen LogP contribution is -2.21. The molecule has 1 amide bonds. The van der Waals surface area contributed by atoms with E-state index in [4.69, 9.17) is 13.9 Å². The molecule has 1 aromatic heterocycles. The normalized spacial score (nSPS) is 10.3. The maximum absolute atomic E-state index is 12.7. The number of rotatable bonds is 8. The second-order valence-electron chi connectivity index (χ2n) is 8.42. The first-order valence-corrected chi connectivity index (χ1v) is 12.1. The van der Waals surface area contributed by atoms with Gasteiger partial charge in [-0.1, -0.05) is 84.9 Å². The fourth-order valence-electron chi connectivity index (χ4n) is 3.99. The van der Waals surface area contributed by atoms with Gasteiger partial charge >= 0.3 is 5.97 Å². The highest BCUT2D eigenvalue weighted by atomic mass is 16.5. The average Bonchev–Trinajstić information content (AvgIpc) is 3.35. The minimum absolute atomic E-state index is 0.0190. The predicted molar refractivity (Wildman–Crippen MR) is 146 cm³/mol. The van der Waals surface area contributed by atoms with Gasteiger partial charge in [-0.2, -0.15) is 5.26 Å². The van der Waals surface area contributed by atoms with Gasteiger partial charge in [0.15, 0.2) is 6.61 Å². The minimum Gasteiger partial charge on any atom is -0.457 e. The van der Waals surface area contributed by atoms with E-state index in [2.05, 4.69) is 11.4 Å². The highest BCUT2D eigenvalue weighted by Crippen LogP contribution is 2.41. The maximum Gasteiger partial charge on any atom is 0.338 e. The van der Waals surface area contributed by atoms with Gasteiger partial charge in [0.25, 0.3) is 5.91 Å². The summed E-state index contributed by atoms with van der Waals surface area (Å²) in [6, 6.07) is 36.4. The molecule has 0 unspecified atom stereocenters. The van der Waals surface area contributed by atoms with Gasteiger partial charge in [-0.15, -0.1) is 0 Å². The van der Waals surface area contributed by atoms with Crippen molar-refractivity contribution in [1.29, 1.82) is 5.26 Å². The number of ether oxygens (including phenoxy) is 2. The Bertz CT molecular complexity index is 1640. The summed E-state index contributed by atoms with van der Waals surface area (Å²) in [7, 11) is 0. The molecule has 0 saturated carbocycles. The van der Waals surface area contributed by atoms with Gasteiger partial charge in [0.05, 0.1) is 5.56 Å². The molecule has 0 bridgehead atoms. The van der Waals surface area contributed by atoms with E-state index in [1.165, 1.54) is 6.07 Å². The fourth-order valence-corrected chi connectivity index (χ4v) is 3.99. The summed E-state index contributed by atoms with van der Waals surface area (Å²) >= 11 is 0. The second kappa shape index (κ2) is 11.6. The maximum atomic E-state index is 12.7. The van der Waals surface area contributed by atoms with Crippen LogP contribution in [0.2, 0.25) is 0 Å². The van der Waals surface area contributed by atoms with Gasteiger partial charge in [-0.25, -0.2) is 4.79 Å². The third kappa shape index (κ3) is 5.87. The zero-order valence-electron chi connectivity index (χ0n) is 20.7. The number of carbonyl (C=O) groups is 2. The van der Waals surface area contributed by atoms with Crippen molar-refractivity contribution in [2.75, 3.05) is 11.9 Å². The van der Waals surface area contributed by atoms with Crippen LogP contribution in [-0.2, 0) is 9.53 Å². The molecule has 39 heavy (non-hydrogen) atoms. The van der Waals surface area contributed by atoms with Crippen LogP contribution in [0.5, 0.6) is 11.5 Å². The average molecular weight is 515 g/mol. The van der Waals surface area contributed by atoms with E-state index < -0.39 is 18.5 Å². The molecule has 7 heteroatoms. The van der Waals surface area contributed by atoms with Crippen LogP contribution in [0.15, 0.2) is 120 Å². The van der Waals surface area contributed by atoms with Gasteiger partial charge in [0.1, 0.15) is 28.9 Å². The van der Waals surface area contributed by atoms with E-state index in [0.29, 0.717) is 22.8 Å². The summed E-state index contributed by atoms with van der Waals surface area (Å²) < 4.78 is 17.0. The lowest BCUT2D eigenvalue weighted by Gasteiger charge is -2.08. The summed E-state index contributed by atoms with van der Waals surface area (Å²) in [6.07, 6.45) is 0. The molecule has 0 atom stereocenters. The zero-order valence-corrected chi connectivity index (χ0v) is 20.7. The lowest BCUT2D eigenvalue weighted by atomic mass is 9.98. The summed E-state index contributed by atoms with van der Waals surface area (Å²) in [5, 5.41) is 12.6. The van der Waals surface area contributed by atoms with Crippen molar-refractivity contribution in [3.63, 3.8) is 0 Å². The number of carbonyl (C=O) groups excluding carboxylic acids is 2. The highest BCUT2D eigenvalue weighted by molar-refractivity contribution is 5.98. The molecule has 1 heterocycles. The van der Waals surface area contributed by atoms with Crippen LogP contribution in [0, 0.1) is 11.3 Å². The van der Waals surface area contributed by atoms with Crippen LogP contribution in [0.1, 0.15) is 15.9 Å². The van der Waals surface area contributed by atoms with Crippen molar-refractivity contribution in [3.8, 4) is 40.0 Å². The second-order valence-corrected chi connectivity index (χ2v) is 8.42. The first-order valence-electron chi connectivity index (χ1n) is 12.1. The molecule has 5 rings (SSSR count). The van der Waals surface area contributed by atoms with Crippen molar-refractivity contribution >= 4 is 17.8 Å². The number of hydrogen-bond donors (Lipinski definition) is 1. The van der Waals surface area contributed by atoms with Crippen LogP contribution in [0.25, 0.3) is 22.5 Å². The third-order valence-electron chi connectivity index (χ3n) is 5.75. The molecule has 0 aliphatic rings. The Morgan fingerprint density at radius 3 is 2.05 bits per heavy atom. The summed E-state index contributed by atoms with van der Waals surface area (Å²) in [5.74, 6) is 0.161. The largest absolute Gasteiger partial charge is 0.457 e. The fraction of sp³-hybridized carbons (Fsp3) is 0.0312. The number of nitrogens with one attached hydrogen (secondary N) is 1. The summed E-state index contributed by atoms with van der Waals surface area (Å²) in [5.41, 5.74) is 2.47. The zero-order chi connectivity index (χ0) is 27.0. The molecule has 190 valence electrons. The number of anilines is 1. The van der Waals surface area contributed by atoms with Crippen LogP contribution < -0.4 is 10.1 Å². The number of furan rings is 1. The van der Waals surface area contributed by atoms with Crippen LogP contribution in [-0.4, -0.2) is 18.5 Å². The topological polar surface area (TPSA) is 102 Å². The van der Waals surface area contributed by atoms with Gasteiger partial charge in [-0.3, -0.25) is 10.1 Å². The summed E-state index contributed by atoms with van der Waals surface area (Å²) in [6.45, 7) is -0.574. The molecule has 0 spiro atoms. The Morgan fingerprint density at radius 2 is 1.38 bits per heavy atom. The van der Waals surface area contributed by atoms with Gasteiger partial charge in [0.2, 0.25) is 5.88 Å². The number of nitrogens with zero attached hydrogens (tertiary/aromatic N) is 1. The molecule has 0 aliphatic heterocycles. The van der Waals surface area contributed by atoms with Gasteiger partial charge in [0, 0.05) is 11.1 Å². The number of benzene rings is 4. The van der Waals surface area contributed by atoms with E-state index in [1.54, 1.807) is 30.3 Å². The number of amides is 1. The van der Waals surface area contributed by atoms with Crippen LogP contribution in [0.4, 0.5) is 5.88 Å². The van der Waals surface area contributed by atoms with Crippen LogP contribution >= 0.6 is 0 Å². The Morgan fingerprint density at radius 1 is 0.769 bits per heavy atom. The highest BCUT2D eigenvalue weighted by Gasteiger charge is 2.24. The minimum atomic E-state index is -0.696. The van der Waals surface area contributed by atoms with Crippen molar-refractivity contribution in [2.24, 2.45) is 0 Å². The van der Waals surface area contributed by atoms with E-state index in [0.717, 1.165) is 11.1 Å². The number of hydrogen-bond acceptors (Lipinski definition) is 6. The molecule has 7 nitrogen and oxygen atoms in total. The molecular formula is C32H22N2O5. The Kier molecular flexibility index (Phi) is 7.47. The van der Waals surface area contributed by atoms with Crippen molar-refractivity contribution in [2.45, 2.75) is 0 Å². The summed E-state index contributed by atoms with van der Waals surface area (Å²) in [4.78, 5) is 25.4. The van der Waals surface area contributed by atoms with Gasteiger partial charge < -0.3 is 13.9 Å². The van der Waals surface area contributed by atoms with E-state index in [-0.39, 0.29) is 17.0 Å². The quantitative estimate of drug-likeness (QED) is 0.222. The van der Waals surface area contributed by atoms with Crippen molar-refractivity contribution in [1.82, 2.24) is 0 Å². The molecule has 4 aromatic carbocycles. The Labute approximate surface area is 224 Å². The van der Waals surface area contributed by atoms with E-state index in [9.17, 15) is 14.9 Å². The first kappa shape index (κ1) is 25.1. The number of nitriles is 1. The molecule has 1 N–H and O–H groups in total. The molecule has 0 saturated heterocycles. The van der Waals surface area contributed by atoms with E-state index >= 15 is 0 Å². The number of esters is 1.